The van der Waals surface area contributed by atoms with Gasteiger partial charge in [-0.15, -0.1) is 0 Å². The van der Waals surface area contributed by atoms with E-state index < -0.39 is 35.8 Å². The third-order valence-electron chi connectivity index (χ3n) is 8.92. The summed E-state index contributed by atoms with van der Waals surface area (Å²) in [5.41, 5.74) is 9.30. The summed E-state index contributed by atoms with van der Waals surface area (Å²) in [7, 11) is 0. The quantitative estimate of drug-likeness (QED) is 0.129. The number of nitrogens with zero attached hydrogens (tertiary/aromatic N) is 9. The Morgan fingerprint density at radius 1 is 0.705 bits per heavy atom. The minimum atomic E-state index is -1.00. The molecule has 61 heavy (non-hydrogen) atoms. The van der Waals surface area contributed by atoms with Gasteiger partial charge in [0.15, 0.2) is 35.4 Å². The zero-order valence-electron chi connectivity index (χ0n) is 36.5. The first-order chi connectivity index (χ1) is 28.6. The SMILES string of the molecule is CC(=O)c1cccc(Cc2nn(C(C)C)c3ncnc(N(C(=O)OC(C)(C)C)C(=O)OC(C)(C)C)c23)c1.CC(C)n1nc(Cc2cccc(C(=O)CF)c2)c2c(N)ncnc21. The number of hydrogen-bond acceptors (Lipinski definition) is 13. The van der Waals surface area contributed by atoms with Crippen LogP contribution in [0.5, 0.6) is 0 Å². The Hall–Kier alpha value is -6.65. The van der Waals surface area contributed by atoms with Crippen molar-refractivity contribution in [2.24, 2.45) is 0 Å². The summed E-state index contributed by atoms with van der Waals surface area (Å²) in [5, 5.41) is 10.5. The molecule has 0 aliphatic rings. The van der Waals surface area contributed by atoms with Gasteiger partial charge in [-0.2, -0.15) is 15.1 Å². The van der Waals surface area contributed by atoms with Gasteiger partial charge in [0.25, 0.3) is 0 Å². The number of carbonyl (C=O) groups excluding carboxylic acids is 4. The average molecular weight is 837 g/mol. The summed E-state index contributed by atoms with van der Waals surface area (Å²) in [6.07, 6.45) is 1.62. The molecule has 0 bridgehead atoms. The van der Waals surface area contributed by atoms with Crippen molar-refractivity contribution in [2.45, 2.75) is 112 Å². The summed E-state index contributed by atoms with van der Waals surface area (Å²) in [4.78, 5) is 68.0. The van der Waals surface area contributed by atoms with Crippen LogP contribution in [0.2, 0.25) is 0 Å². The number of ketones is 2. The molecule has 0 aliphatic carbocycles. The minimum absolute atomic E-state index is 0.0122. The number of carbonyl (C=O) groups is 4. The lowest BCUT2D eigenvalue weighted by Crippen LogP contribution is -2.44. The molecule has 0 saturated carbocycles. The minimum Gasteiger partial charge on any atom is -0.443 e. The first-order valence-electron chi connectivity index (χ1n) is 19.8. The van der Waals surface area contributed by atoms with Crippen molar-refractivity contribution in [3.05, 3.63) is 94.8 Å². The number of rotatable bonds is 10. The van der Waals surface area contributed by atoms with Gasteiger partial charge < -0.3 is 15.2 Å². The van der Waals surface area contributed by atoms with E-state index in [-0.39, 0.29) is 23.7 Å². The van der Waals surface area contributed by atoms with E-state index in [0.717, 1.165) is 21.7 Å². The molecule has 17 heteroatoms. The summed E-state index contributed by atoms with van der Waals surface area (Å²) in [6.45, 7) is 18.7. The van der Waals surface area contributed by atoms with E-state index in [1.807, 2.05) is 39.8 Å². The fraction of sp³-hybridized carbons (Fsp3) is 0.409. The zero-order chi connectivity index (χ0) is 45.0. The monoisotopic (exact) mass is 836 g/mol. The van der Waals surface area contributed by atoms with Crippen LogP contribution in [0.1, 0.15) is 131 Å². The lowest BCUT2D eigenvalue weighted by Gasteiger charge is -2.28. The van der Waals surface area contributed by atoms with E-state index in [9.17, 15) is 23.6 Å². The molecule has 0 atom stereocenters. The number of halogens is 1. The number of amides is 2. The molecule has 2 amide bonds. The number of alkyl halides is 1. The number of nitrogens with two attached hydrogens (primary N) is 1. The number of imide groups is 1. The fourth-order valence-electron chi connectivity index (χ4n) is 6.31. The summed E-state index contributed by atoms with van der Waals surface area (Å²) < 4.78 is 27.2. The third-order valence-corrected chi connectivity index (χ3v) is 8.92. The number of Topliss-reactive ketones (excluding diaryl/α,β-unsaturated/α-hetero) is 2. The van der Waals surface area contributed by atoms with Crippen LogP contribution in [0.15, 0.2) is 61.2 Å². The second-order valence-electron chi connectivity index (χ2n) is 17.0. The molecule has 16 nitrogen and oxygen atoms in total. The van der Waals surface area contributed by atoms with E-state index in [1.54, 1.807) is 87.3 Å². The van der Waals surface area contributed by atoms with Crippen molar-refractivity contribution in [2.75, 3.05) is 17.3 Å². The molecule has 4 heterocycles. The second-order valence-corrected chi connectivity index (χ2v) is 17.0. The van der Waals surface area contributed by atoms with E-state index in [4.69, 9.17) is 20.3 Å². The Labute approximate surface area is 353 Å². The van der Waals surface area contributed by atoms with Crippen molar-refractivity contribution in [1.29, 1.82) is 0 Å². The Balaban J connectivity index is 0.000000252. The lowest BCUT2D eigenvalue weighted by atomic mass is 10.0. The van der Waals surface area contributed by atoms with Crippen molar-refractivity contribution in [3.8, 4) is 0 Å². The smallest absolute Gasteiger partial charge is 0.425 e. The van der Waals surface area contributed by atoms with Crippen molar-refractivity contribution in [1.82, 2.24) is 39.5 Å². The van der Waals surface area contributed by atoms with Crippen LogP contribution in [-0.2, 0) is 22.3 Å². The summed E-state index contributed by atoms with van der Waals surface area (Å²) in [6, 6.07) is 14.2. The molecular formula is C44H53FN10O6. The third kappa shape index (κ3) is 10.9. The highest BCUT2D eigenvalue weighted by atomic mass is 19.1. The molecule has 0 unspecified atom stereocenters. The summed E-state index contributed by atoms with van der Waals surface area (Å²) >= 11 is 0. The highest BCUT2D eigenvalue weighted by Gasteiger charge is 2.36. The molecule has 322 valence electrons. The maximum atomic E-state index is 13.3. The molecule has 0 radical (unpaired) electrons. The Kier molecular flexibility index (Phi) is 13.6. The summed E-state index contributed by atoms with van der Waals surface area (Å²) in [5.74, 6) is -0.197. The van der Waals surface area contributed by atoms with Gasteiger partial charge in [0.2, 0.25) is 0 Å². The van der Waals surface area contributed by atoms with E-state index in [1.165, 1.54) is 19.6 Å². The molecule has 2 aromatic carbocycles. The lowest BCUT2D eigenvalue weighted by molar-refractivity contribution is 0.0429. The molecule has 4 aromatic heterocycles. The number of fused-ring (bicyclic) bond motifs is 2. The fourth-order valence-corrected chi connectivity index (χ4v) is 6.31. The standard InChI is InChI=1S/C27H35N5O5.C17H18FN5O/c1-16(2)32-23-21(20(30-32)14-18-11-10-12-19(13-18)17(3)33)22(28-15-29-23)31(24(34)36-26(4,5)6)25(35)37-27(7,8)9;1-10(2)23-17-15(16(19)20-9-21-17)13(22-23)7-11-4-3-5-12(6-11)14(24)8-18/h10-13,15-16H,14H2,1-9H3;3-6,9-10H,7-8H2,1-2H3,(H2,19,20,21). The number of nitrogen functional groups attached to an aromatic ring is 1. The van der Waals surface area contributed by atoms with Gasteiger partial charge >= 0.3 is 12.2 Å². The van der Waals surface area contributed by atoms with Gasteiger partial charge in [0.1, 0.15) is 29.7 Å². The Morgan fingerprint density at radius 2 is 1.16 bits per heavy atom. The normalized spacial score (nSPS) is 11.8. The number of hydrogen-bond donors (Lipinski definition) is 1. The van der Waals surface area contributed by atoms with Crippen molar-refractivity contribution >= 4 is 57.5 Å². The molecule has 6 rings (SSSR count). The Bertz CT molecular complexity index is 2560. The van der Waals surface area contributed by atoms with E-state index in [0.29, 0.717) is 57.5 Å². The first kappa shape index (κ1) is 45.4. The molecule has 0 saturated heterocycles. The maximum Gasteiger partial charge on any atom is 0.425 e. The largest absolute Gasteiger partial charge is 0.443 e. The number of benzene rings is 2. The molecule has 2 N–H and O–H groups in total. The predicted molar refractivity (Wildman–Crippen MR) is 230 cm³/mol. The predicted octanol–water partition coefficient (Wildman–Crippen LogP) is 8.61. The zero-order valence-corrected chi connectivity index (χ0v) is 36.5. The highest BCUT2D eigenvalue weighted by molar-refractivity contribution is 6.13. The van der Waals surface area contributed by atoms with Crippen LogP contribution in [0.3, 0.4) is 0 Å². The van der Waals surface area contributed by atoms with Crippen molar-refractivity contribution in [3.63, 3.8) is 0 Å². The number of anilines is 2. The van der Waals surface area contributed by atoms with Crippen LogP contribution in [0, 0.1) is 0 Å². The second kappa shape index (κ2) is 18.3. The van der Waals surface area contributed by atoms with Gasteiger partial charge in [0, 0.05) is 36.1 Å². The molecule has 0 fully saturated rings. The topological polar surface area (TPSA) is 203 Å². The Morgan fingerprint density at radius 3 is 1.64 bits per heavy atom. The van der Waals surface area contributed by atoms with Crippen LogP contribution < -0.4 is 10.6 Å². The first-order valence-corrected chi connectivity index (χ1v) is 19.8. The number of ether oxygens (including phenoxy) is 2. The van der Waals surface area contributed by atoms with E-state index in [2.05, 4.69) is 25.0 Å². The average Bonchev–Trinajstić information content (AvgIpc) is 3.73. The van der Waals surface area contributed by atoms with Crippen LogP contribution in [0.25, 0.3) is 22.1 Å². The molecular weight excluding hydrogens is 784 g/mol. The number of aromatic nitrogens is 8. The van der Waals surface area contributed by atoms with Gasteiger partial charge in [-0.3, -0.25) is 9.59 Å². The van der Waals surface area contributed by atoms with Crippen LogP contribution in [0.4, 0.5) is 25.6 Å². The van der Waals surface area contributed by atoms with Crippen LogP contribution >= 0.6 is 0 Å². The van der Waals surface area contributed by atoms with Crippen molar-refractivity contribution < 1.29 is 33.0 Å². The molecule has 0 aliphatic heterocycles. The highest BCUT2D eigenvalue weighted by Crippen LogP contribution is 2.32. The molecule has 0 spiro atoms. The maximum absolute atomic E-state index is 13.3. The van der Waals surface area contributed by atoms with Gasteiger partial charge in [0.05, 0.1) is 22.2 Å². The van der Waals surface area contributed by atoms with Crippen LogP contribution in [-0.4, -0.2) is 81.1 Å². The van der Waals surface area contributed by atoms with Gasteiger partial charge in [-0.05, 0) is 99.4 Å². The van der Waals surface area contributed by atoms with E-state index >= 15 is 0 Å². The molecule has 6 aromatic rings. The van der Waals surface area contributed by atoms with Gasteiger partial charge in [-0.25, -0.2) is 43.3 Å². The van der Waals surface area contributed by atoms with Gasteiger partial charge in [-0.1, -0.05) is 36.4 Å².